The Morgan fingerprint density at radius 2 is 1.96 bits per heavy atom. The van der Waals surface area contributed by atoms with Gasteiger partial charge in [0.15, 0.2) is 5.96 Å². The maximum absolute atomic E-state index is 11.9. The molecule has 1 aromatic rings. The Bertz CT molecular complexity index is 554. The van der Waals surface area contributed by atoms with Gasteiger partial charge in [-0.2, -0.15) is 0 Å². The number of thiophene rings is 1. The van der Waals surface area contributed by atoms with E-state index in [0.717, 1.165) is 44.9 Å². The second-order valence-corrected chi connectivity index (χ2v) is 7.16. The maximum Gasteiger partial charge on any atom is 0.309 e. The largest absolute Gasteiger partial charge is 0.466 e. The summed E-state index contributed by atoms with van der Waals surface area (Å²) >= 11 is 1.83. The highest BCUT2D eigenvalue weighted by Crippen LogP contribution is 2.20. The van der Waals surface area contributed by atoms with E-state index in [9.17, 15) is 4.79 Å². The summed E-state index contributed by atoms with van der Waals surface area (Å²) in [7, 11) is 0. The van der Waals surface area contributed by atoms with Crippen molar-refractivity contribution in [1.29, 1.82) is 0 Å². The lowest BCUT2D eigenvalue weighted by Crippen LogP contribution is -2.46. The molecule has 1 aromatic heterocycles. The Balaban J connectivity index is 0.00000312. The van der Waals surface area contributed by atoms with Gasteiger partial charge in [-0.25, -0.2) is 4.99 Å². The lowest BCUT2D eigenvalue weighted by atomic mass is 9.97. The molecule has 1 aliphatic rings. The van der Waals surface area contributed by atoms with Gasteiger partial charge in [0.25, 0.3) is 0 Å². The van der Waals surface area contributed by atoms with Crippen LogP contribution in [0.4, 0.5) is 0 Å². The zero-order chi connectivity index (χ0) is 17.4. The average molecular weight is 479 g/mol. The summed E-state index contributed by atoms with van der Waals surface area (Å²) in [4.78, 5) is 21.6. The van der Waals surface area contributed by atoms with Crippen molar-refractivity contribution < 1.29 is 9.53 Å². The first-order chi connectivity index (χ1) is 11.7. The van der Waals surface area contributed by atoms with Crippen LogP contribution < -0.4 is 5.32 Å². The number of nitrogens with zero attached hydrogens (tertiary/aromatic N) is 2. The molecule has 5 nitrogen and oxygen atoms in total. The SMILES string of the molecule is CCNC(=NCc1ccc(CC)s1)N1CCC(C(=O)OCC)CC1.I. The molecule has 2 rings (SSSR count). The third-order valence-corrected chi connectivity index (χ3v) is 5.41. The number of aryl methyl sites for hydroxylation is 1. The molecule has 7 heteroatoms. The monoisotopic (exact) mass is 479 g/mol. The van der Waals surface area contributed by atoms with Crippen LogP contribution in [0, 0.1) is 5.92 Å². The fourth-order valence-electron chi connectivity index (χ4n) is 2.86. The number of likely N-dealkylation sites (tertiary alicyclic amines) is 1. The van der Waals surface area contributed by atoms with Gasteiger partial charge in [0.05, 0.1) is 19.1 Å². The predicted molar refractivity (Wildman–Crippen MR) is 115 cm³/mol. The van der Waals surface area contributed by atoms with Gasteiger partial charge in [-0.05, 0) is 45.2 Å². The Kier molecular flexibility index (Phi) is 10.4. The van der Waals surface area contributed by atoms with E-state index in [1.165, 1.54) is 9.75 Å². The fourth-order valence-corrected chi connectivity index (χ4v) is 3.75. The minimum Gasteiger partial charge on any atom is -0.466 e. The third-order valence-electron chi connectivity index (χ3n) is 4.20. The minimum absolute atomic E-state index is 0. The quantitative estimate of drug-likeness (QED) is 0.293. The molecule has 0 aromatic carbocycles. The Hall–Kier alpha value is -0.830. The number of aliphatic imine (C=N–C) groups is 1. The lowest BCUT2D eigenvalue weighted by Gasteiger charge is -2.33. The molecule has 2 heterocycles. The van der Waals surface area contributed by atoms with Gasteiger partial charge in [-0.15, -0.1) is 35.3 Å². The third kappa shape index (κ3) is 6.77. The van der Waals surface area contributed by atoms with Crippen LogP contribution in [0.25, 0.3) is 0 Å². The van der Waals surface area contributed by atoms with Crippen molar-refractivity contribution in [2.24, 2.45) is 10.9 Å². The lowest BCUT2D eigenvalue weighted by molar-refractivity contribution is -0.149. The molecule has 0 bridgehead atoms. The number of nitrogens with one attached hydrogen (secondary N) is 1. The number of esters is 1. The van der Waals surface area contributed by atoms with Crippen LogP contribution in [0.1, 0.15) is 43.4 Å². The first-order valence-corrected chi connectivity index (χ1v) is 9.77. The Labute approximate surface area is 172 Å². The summed E-state index contributed by atoms with van der Waals surface area (Å²) in [5.41, 5.74) is 0. The molecule has 1 N–H and O–H groups in total. The van der Waals surface area contributed by atoms with Crippen LogP contribution in [0.5, 0.6) is 0 Å². The van der Waals surface area contributed by atoms with E-state index in [1.54, 1.807) is 0 Å². The Morgan fingerprint density at radius 3 is 2.52 bits per heavy atom. The number of rotatable bonds is 6. The van der Waals surface area contributed by atoms with Gasteiger partial charge >= 0.3 is 5.97 Å². The van der Waals surface area contributed by atoms with E-state index in [4.69, 9.17) is 9.73 Å². The molecule has 1 fully saturated rings. The van der Waals surface area contributed by atoms with E-state index in [1.807, 2.05) is 18.3 Å². The van der Waals surface area contributed by atoms with E-state index in [2.05, 4.69) is 36.2 Å². The van der Waals surface area contributed by atoms with Gasteiger partial charge < -0.3 is 15.0 Å². The minimum atomic E-state index is -0.0511. The normalized spacial score (nSPS) is 15.6. The van der Waals surface area contributed by atoms with Crippen LogP contribution in [0.2, 0.25) is 0 Å². The Morgan fingerprint density at radius 1 is 1.28 bits per heavy atom. The standard InChI is InChI=1S/C18H29N3O2S.HI/c1-4-15-7-8-16(24-15)13-20-18(19-5-2)21-11-9-14(10-12-21)17(22)23-6-3;/h7-8,14H,4-6,9-13H2,1-3H3,(H,19,20);1H. The summed E-state index contributed by atoms with van der Waals surface area (Å²) in [5, 5.41) is 3.38. The summed E-state index contributed by atoms with van der Waals surface area (Å²) < 4.78 is 5.14. The molecule has 0 atom stereocenters. The average Bonchev–Trinajstić information content (AvgIpc) is 3.07. The first kappa shape index (κ1) is 22.2. The molecule has 1 aliphatic heterocycles. The second kappa shape index (κ2) is 11.7. The number of carbonyl (C=O) groups excluding carboxylic acids is 1. The highest BCUT2D eigenvalue weighted by molar-refractivity contribution is 14.0. The summed E-state index contributed by atoms with van der Waals surface area (Å²) in [6.45, 7) is 9.84. The van der Waals surface area contributed by atoms with Crippen LogP contribution in [-0.4, -0.2) is 43.1 Å². The maximum atomic E-state index is 11.9. The van der Waals surface area contributed by atoms with Crippen LogP contribution in [0.15, 0.2) is 17.1 Å². The molecule has 0 unspecified atom stereocenters. The second-order valence-electron chi connectivity index (χ2n) is 5.91. The van der Waals surface area contributed by atoms with Crippen LogP contribution in [-0.2, 0) is 22.5 Å². The zero-order valence-corrected chi connectivity index (χ0v) is 18.6. The number of hydrogen-bond acceptors (Lipinski definition) is 4. The molecule has 1 saturated heterocycles. The van der Waals surface area contributed by atoms with Crippen molar-refractivity contribution >= 4 is 47.2 Å². The van der Waals surface area contributed by atoms with Crippen molar-refractivity contribution in [1.82, 2.24) is 10.2 Å². The fraction of sp³-hybridized carbons (Fsp3) is 0.667. The molecule has 0 amide bonds. The van der Waals surface area contributed by atoms with E-state index in [0.29, 0.717) is 13.2 Å². The van der Waals surface area contributed by atoms with E-state index >= 15 is 0 Å². The number of ether oxygens (including phenoxy) is 1. The molecule has 25 heavy (non-hydrogen) atoms. The smallest absolute Gasteiger partial charge is 0.309 e. The number of hydrogen-bond donors (Lipinski definition) is 1. The zero-order valence-electron chi connectivity index (χ0n) is 15.4. The molecule has 0 radical (unpaired) electrons. The van der Waals surface area contributed by atoms with Crippen LogP contribution >= 0.6 is 35.3 Å². The first-order valence-electron chi connectivity index (χ1n) is 8.95. The highest BCUT2D eigenvalue weighted by Gasteiger charge is 2.27. The van der Waals surface area contributed by atoms with Crippen molar-refractivity contribution in [3.8, 4) is 0 Å². The van der Waals surface area contributed by atoms with E-state index < -0.39 is 0 Å². The molecular weight excluding hydrogens is 449 g/mol. The molecule has 142 valence electrons. The van der Waals surface area contributed by atoms with Crippen molar-refractivity contribution in [2.45, 2.75) is 46.6 Å². The van der Waals surface area contributed by atoms with Gasteiger partial charge in [0.1, 0.15) is 0 Å². The summed E-state index contributed by atoms with van der Waals surface area (Å²) in [6.07, 6.45) is 2.75. The highest BCUT2D eigenvalue weighted by atomic mass is 127. The number of halogens is 1. The number of carbonyl (C=O) groups is 1. The van der Waals surface area contributed by atoms with Gasteiger partial charge in [0.2, 0.25) is 0 Å². The van der Waals surface area contributed by atoms with Crippen molar-refractivity contribution in [2.75, 3.05) is 26.2 Å². The molecular formula is C18H30IN3O2S. The number of guanidine groups is 1. The predicted octanol–water partition coefficient (Wildman–Crippen LogP) is 3.67. The van der Waals surface area contributed by atoms with Crippen LogP contribution in [0.3, 0.4) is 0 Å². The summed E-state index contributed by atoms with van der Waals surface area (Å²) in [5.74, 6) is 0.935. The van der Waals surface area contributed by atoms with Gasteiger partial charge in [-0.1, -0.05) is 6.92 Å². The summed E-state index contributed by atoms with van der Waals surface area (Å²) in [6, 6.07) is 4.36. The van der Waals surface area contributed by atoms with Crippen molar-refractivity contribution in [3.63, 3.8) is 0 Å². The topological polar surface area (TPSA) is 53.9 Å². The molecule has 0 spiro atoms. The van der Waals surface area contributed by atoms with Crippen molar-refractivity contribution in [3.05, 3.63) is 21.9 Å². The number of piperidine rings is 1. The van der Waals surface area contributed by atoms with E-state index in [-0.39, 0.29) is 35.9 Å². The van der Waals surface area contributed by atoms with Gasteiger partial charge in [0, 0.05) is 29.4 Å². The van der Waals surface area contributed by atoms with Gasteiger partial charge in [-0.3, -0.25) is 4.79 Å². The molecule has 0 saturated carbocycles. The molecule has 0 aliphatic carbocycles.